The van der Waals surface area contributed by atoms with Gasteiger partial charge in [0.05, 0.1) is 34.7 Å². The van der Waals surface area contributed by atoms with Crippen LogP contribution in [0.25, 0.3) is 27.7 Å². The minimum absolute atomic E-state index is 0.180. The second-order valence-electron chi connectivity index (χ2n) is 6.89. The quantitative estimate of drug-likeness (QED) is 0.534. The van der Waals surface area contributed by atoms with E-state index in [0.717, 1.165) is 11.9 Å². The molecule has 0 atom stereocenters. The predicted molar refractivity (Wildman–Crippen MR) is 118 cm³/mol. The van der Waals surface area contributed by atoms with Gasteiger partial charge in [-0.3, -0.25) is 19.1 Å². The molecular weight excluding hydrogens is 400 g/mol. The number of sulfonamides is 1. The van der Waals surface area contributed by atoms with Crippen molar-refractivity contribution in [3.63, 3.8) is 0 Å². The highest BCUT2D eigenvalue weighted by Gasteiger charge is 2.16. The molecule has 4 rings (SSSR count). The van der Waals surface area contributed by atoms with Crippen LogP contribution < -0.4 is 10.3 Å². The molecule has 0 aliphatic carbocycles. The number of aromatic nitrogens is 3. The van der Waals surface area contributed by atoms with Crippen molar-refractivity contribution in [1.82, 2.24) is 14.5 Å². The van der Waals surface area contributed by atoms with Crippen LogP contribution in [0.4, 0.5) is 5.69 Å². The maximum atomic E-state index is 13.6. The molecule has 0 saturated carbocycles. The van der Waals surface area contributed by atoms with Crippen LogP contribution in [0.1, 0.15) is 12.7 Å². The molecule has 0 unspecified atom stereocenters. The van der Waals surface area contributed by atoms with Gasteiger partial charge in [-0.15, -0.1) is 0 Å². The molecule has 0 amide bonds. The first-order valence-corrected chi connectivity index (χ1v) is 11.3. The lowest BCUT2D eigenvalue weighted by Crippen LogP contribution is -2.24. The topological polar surface area (TPSA) is 94.0 Å². The van der Waals surface area contributed by atoms with E-state index in [4.69, 9.17) is 4.98 Å². The Morgan fingerprint density at radius 2 is 1.80 bits per heavy atom. The standard InChI is InChI=1S/C22H20N4O3S/c1-3-20-24-19-11-7-10-18(15-12-16(14-23-13-15)25-30(2,28)29)21(19)22(27)26(20)17-8-5-4-6-9-17/h4-14,25H,3H2,1-2H3. The normalized spacial score (nSPS) is 11.5. The average Bonchev–Trinajstić information content (AvgIpc) is 2.72. The number of pyridine rings is 1. The van der Waals surface area contributed by atoms with Crippen LogP contribution in [0.15, 0.2) is 71.8 Å². The summed E-state index contributed by atoms with van der Waals surface area (Å²) in [5.74, 6) is 0.668. The summed E-state index contributed by atoms with van der Waals surface area (Å²) in [5.41, 5.74) is 2.74. The van der Waals surface area contributed by atoms with Gasteiger partial charge < -0.3 is 0 Å². The van der Waals surface area contributed by atoms with Gasteiger partial charge in [0.15, 0.2) is 0 Å². The van der Waals surface area contributed by atoms with E-state index in [1.807, 2.05) is 49.4 Å². The number of para-hydroxylation sites is 1. The molecule has 2 aromatic heterocycles. The summed E-state index contributed by atoms with van der Waals surface area (Å²) >= 11 is 0. The third-order valence-electron chi connectivity index (χ3n) is 4.65. The number of hydrogen-bond acceptors (Lipinski definition) is 5. The van der Waals surface area contributed by atoms with Gasteiger partial charge >= 0.3 is 0 Å². The summed E-state index contributed by atoms with van der Waals surface area (Å²) in [7, 11) is -3.45. The Hall–Kier alpha value is -3.52. The molecule has 2 aromatic carbocycles. The molecule has 1 N–H and O–H groups in total. The first kappa shape index (κ1) is 19.8. The van der Waals surface area contributed by atoms with E-state index in [9.17, 15) is 13.2 Å². The summed E-state index contributed by atoms with van der Waals surface area (Å²) in [6.07, 6.45) is 4.69. The summed E-state index contributed by atoms with van der Waals surface area (Å²) in [4.78, 5) is 22.5. The highest BCUT2D eigenvalue weighted by Crippen LogP contribution is 2.28. The molecule has 0 saturated heterocycles. The third kappa shape index (κ3) is 3.81. The Labute approximate surface area is 174 Å². The third-order valence-corrected chi connectivity index (χ3v) is 5.26. The molecular formula is C22H20N4O3S. The molecule has 0 aliphatic rings. The largest absolute Gasteiger partial charge is 0.282 e. The smallest absolute Gasteiger partial charge is 0.266 e. The van der Waals surface area contributed by atoms with E-state index in [0.29, 0.717) is 40.0 Å². The van der Waals surface area contributed by atoms with E-state index in [1.165, 1.54) is 6.20 Å². The van der Waals surface area contributed by atoms with E-state index < -0.39 is 10.0 Å². The Morgan fingerprint density at radius 1 is 1.03 bits per heavy atom. The zero-order chi connectivity index (χ0) is 21.3. The molecule has 7 nitrogen and oxygen atoms in total. The second kappa shape index (κ2) is 7.72. The summed E-state index contributed by atoms with van der Waals surface area (Å²) in [6.45, 7) is 1.96. The van der Waals surface area contributed by atoms with Gasteiger partial charge in [0.2, 0.25) is 10.0 Å². The molecule has 0 aliphatic heterocycles. The number of fused-ring (bicyclic) bond motifs is 1. The number of nitrogens with zero attached hydrogens (tertiary/aromatic N) is 3. The highest BCUT2D eigenvalue weighted by atomic mass is 32.2. The number of anilines is 1. The first-order valence-electron chi connectivity index (χ1n) is 9.40. The number of hydrogen-bond donors (Lipinski definition) is 1. The van der Waals surface area contributed by atoms with Crippen LogP contribution >= 0.6 is 0 Å². The first-order chi connectivity index (χ1) is 14.4. The average molecular weight is 420 g/mol. The van der Waals surface area contributed by atoms with Crippen molar-refractivity contribution in [3.05, 3.63) is 83.2 Å². The molecule has 0 fully saturated rings. The fraction of sp³-hybridized carbons (Fsp3) is 0.136. The van der Waals surface area contributed by atoms with Gasteiger partial charge in [-0.25, -0.2) is 13.4 Å². The maximum absolute atomic E-state index is 13.6. The van der Waals surface area contributed by atoms with Crippen LogP contribution in [0.3, 0.4) is 0 Å². The van der Waals surface area contributed by atoms with Crippen LogP contribution in [0.2, 0.25) is 0 Å². The fourth-order valence-electron chi connectivity index (χ4n) is 3.45. The zero-order valence-electron chi connectivity index (χ0n) is 16.5. The Morgan fingerprint density at radius 3 is 2.50 bits per heavy atom. The Bertz CT molecular complexity index is 1400. The van der Waals surface area contributed by atoms with E-state index in [2.05, 4.69) is 9.71 Å². The highest BCUT2D eigenvalue weighted by molar-refractivity contribution is 7.92. The van der Waals surface area contributed by atoms with Gasteiger partial charge in [-0.2, -0.15) is 0 Å². The minimum Gasteiger partial charge on any atom is -0.282 e. The van der Waals surface area contributed by atoms with Gasteiger partial charge in [0.25, 0.3) is 5.56 Å². The molecule has 30 heavy (non-hydrogen) atoms. The van der Waals surface area contributed by atoms with E-state index in [1.54, 1.807) is 22.9 Å². The van der Waals surface area contributed by atoms with E-state index >= 15 is 0 Å². The lowest BCUT2D eigenvalue weighted by atomic mass is 10.0. The van der Waals surface area contributed by atoms with Crippen LogP contribution in [0, 0.1) is 0 Å². The van der Waals surface area contributed by atoms with Crippen molar-refractivity contribution in [1.29, 1.82) is 0 Å². The van der Waals surface area contributed by atoms with Crippen LogP contribution in [-0.2, 0) is 16.4 Å². The monoisotopic (exact) mass is 420 g/mol. The number of rotatable bonds is 5. The van der Waals surface area contributed by atoms with Crippen molar-refractivity contribution >= 4 is 26.6 Å². The van der Waals surface area contributed by atoms with Crippen LogP contribution in [-0.4, -0.2) is 29.2 Å². The zero-order valence-corrected chi connectivity index (χ0v) is 17.3. The molecule has 0 bridgehead atoms. The molecule has 4 aromatic rings. The van der Waals surface area contributed by atoms with Crippen molar-refractivity contribution in [2.24, 2.45) is 0 Å². The maximum Gasteiger partial charge on any atom is 0.266 e. The van der Waals surface area contributed by atoms with Crippen molar-refractivity contribution in [2.45, 2.75) is 13.3 Å². The molecule has 0 radical (unpaired) electrons. The van der Waals surface area contributed by atoms with Crippen molar-refractivity contribution < 1.29 is 8.42 Å². The van der Waals surface area contributed by atoms with Gasteiger partial charge in [0.1, 0.15) is 5.82 Å². The Kier molecular flexibility index (Phi) is 5.09. The molecule has 0 spiro atoms. The second-order valence-corrected chi connectivity index (χ2v) is 8.64. The number of nitrogens with one attached hydrogen (secondary N) is 1. The van der Waals surface area contributed by atoms with Crippen LogP contribution in [0.5, 0.6) is 0 Å². The van der Waals surface area contributed by atoms with Crippen molar-refractivity contribution in [3.8, 4) is 16.8 Å². The summed E-state index contributed by atoms with van der Waals surface area (Å²) in [5, 5.41) is 0.455. The Balaban J connectivity index is 1.99. The van der Waals surface area contributed by atoms with Gasteiger partial charge in [0, 0.05) is 18.2 Å². The van der Waals surface area contributed by atoms with E-state index in [-0.39, 0.29) is 5.56 Å². The number of benzene rings is 2. The SMILES string of the molecule is CCc1nc2cccc(-c3cncc(NS(C)(=O)=O)c3)c2c(=O)n1-c1ccccc1. The summed E-state index contributed by atoms with van der Waals surface area (Å²) in [6, 6.07) is 16.5. The molecule has 8 heteroatoms. The van der Waals surface area contributed by atoms with Crippen molar-refractivity contribution in [2.75, 3.05) is 11.0 Å². The predicted octanol–water partition coefficient (Wildman–Crippen LogP) is 3.38. The molecule has 2 heterocycles. The fourth-order valence-corrected chi connectivity index (χ4v) is 3.99. The molecule has 152 valence electrons. The lowest BCUT2D eigenvalue weighted by molar-refractivity contribution is 0.607. The summed E-state index contributed by atoms with van der Waals surface area (Å²) < 4.78 is 27.2. The number of aryl methyl sites for hydroxylation is 1. The van der Waals surface area contributed by atoms with Gasteiger partial charge in [-0.05, 0) is 29.8 Å². The van der Waals surface area contributed by atoms with Gasteiger partial charge in [-0.1, -0.05) is 37.3 Å². The lowest BCUT2D eigenvalue weighted by Gasteiger charge is -2.14. The minimum atomic E-state index is -3.45.